The summed E-state index contributed by atoms with van der Waals surface area (Å²) in [4.78, 5) is 19.5. The van der Waals surface area contributed by atoms with Crippen LogP contribution in [-0.2, 0) is 22.0 Å². The minimum atomic E-state index is -3.78. The largest absolute Gasteiger partial charge is 0.338 e. The molecule has 208 valence electrons. The van der Waals surface area contributed by atoms with Crippen molar-refractivity contribution in [1.82, 2.24) is 29.0 Å². The van der Waals surface area contributed by atoms with Crippen molar-refractivity contribution in [3.05, 3.63) is 65.1 Å². The molecule has 1 aromatic carbocycles. The number of urea groups is 1. The maximum atomic E-state index is 13.5. The average Bonchev–Trinajstić information content (AvgIpc) is 3.28. The number of aromatic nitrogens is 4. The van der Waals surface area contributed by atoms with Gasteiger partial charge in [-0.15, -0.1) is 0 Å². The summed E-state index contributed by atoms with van der Waals surface area (Å²) in [5.41, 5.74) is 6.69. The van der Waals surface area contributed by atoms with Crippen LogP contribution in [0.25, 0.3) is 22.3 Å². The SMILES string of the molecule is CCNC(=O)N1CCC2(CCn3nc(-c4cnc5c(c4)c(C)cn5S(=O)(=O)c4ccc(C)cc4)c(C4CC4)c32)C1. The van der Waals surface area contributed by atoms with Gasteiger partial charge in [-0.25, -0.2) is 22.2 Å². The molecule has 1 atom stereocenters. The van der Waals surface area contributed by atoms with Gasteiger partial charge in [0.05, 0.1) is 16.3 Å². The van der Waals surface area contributed by atoms with Crippen molar-refractivity contribution < 1.29 is 13.2 Å². The van der Waals surface area contributed by atoms with Crippen LogP contribution in [0.2, 0.25) is 0 Å². The molecule has 1 saturated heterocycles. The van der Waals surface area contributed by atoms with Crippen molar-refractivity contribution in [2.24, 2.45) is 0 Å². The third-order valence-corrected chi connectivity index (χ3v) is 10.6. The topological polar surface area (TPSA) is 102 Å². The Kier molecular flexibility index (Phi) is 5.65. The van der Waals surface area contributed by atoms with Gasteiger partial charge in [-0.05, 0) is 76.1 Å². The molecule has 0 bridgehead atoms. The van der Waals surface area contributed by atoms with E-state index in [0.29, 0.717) is 18.1 Å². The van der Waals surface area contributed by atoms with Crippen LogP contribution in [-0.4, -0.2) is 57.7 Å². The minimum Gasteiger partial charge on any atom is -0.338 e. The molecule has 3 aromatic heterocycles. The van der Waals surface area contributed by atoms with Crippen LogP contribution in [0.1, 0.15) is 60.9 Å². The third-order valence-electron chi connectivity index (χ3n) is 8.91. The fourth-order valence-electron chi connectivity index (χ4n) is 6.68. The van der Waals surface area contributed by atoms with Crippen molar-refractivity contribution in [3.8, 4) is 11.3 Å². The fourth-order valence-corrected chi connectivity index (χ4v) is 8.06. The number of amides is 2. The highest BCUT2D eigenvalue weighted by Gasteiger charge is 2.50. The fraction of sp³-hybridized carbons (Fsp3) is 0.433. The number of likely N-dealkylation sites (tertiary alicyclic amines) is 1. The van der Waals surface area contributed by atoms with Crippen molar-refractivity contribution in [3.63, 3.8) is 0 Å². The molecule has 1 unspecified atom stereocenters. The summed E-state index contributed by atoms with van der Waals surface area (Å²) in [6.07, 6.45) is 7.67. The summed E-state index contributed by atoms with van der Waals surface area (Å²) < 4.78 is 30.5. The number of hydrogen-bond acceptors (Lipinski definition) is 5. The summed E-state index contributed by atoms with van der Waals surface area (Å²) in [6.45, 7) is 8.76. The van der Waals surface area contributed by atoms with Gasteiger partial charge in [0.2, 0.25) is 0 Å². The summed E-state index contributed by atoms with van der Waals surface area (Å²) in [5.74, 6) is 0.468. The molecule has 3 aliphatic rings. The van der Waals surface area contributed by atoms with E-state index in [4.69, 9.17) is 10.1 Å². The number of carbonyl (C=O) groups is 1. The first-order chi connectivity index (χ1) is 19.2. The van der Waals surface area contributed by atoms with Crippen LogP contribution < -0.4 is 5.32 Å². The van der Waals surface area contributed by atoms with E-state index in [2.05, 4.69) is 10.00 Å². The van der Waals surface area contributed by atoms with Crippen molar-refractivity contribution in [2.75, 3.05) is 19.6 Å². The number of carbonyl (C=O) groups excluding carboxylic acids is 1. The molecule has 4 aromatic rings. The molecule has 1 aliphatic carbocycles. The summed E-state index contributed by atoms with van der Waals surface area (Å²) in [5, 5.41) is 8.89. The van der Waals surface area contributed by atoms with Crippen LogP contribution >= 0.6 is 0 Å². The highest BCUT2D eigenvalue weighted by Crippen LogP contribution is 2.53. The molecule has 2 fully saturated rings. The predicted molar refractivity (Wildman–Crippen MR) is 153 cm³/mol. The zero-order chi connectivity index (χ0) is 27.8. The van der Waals surface area contributed by atoms with Gasteiger partial charge in [-0.1, -0.05) is 17.7 Å². The molecule has 0 radical (unpaired) electrons. The van der Waals surface area contributed by atoms with Crippen molar-refractivity contribution >= 4 is 27.1 Å². The first-order valence-corrected chi connectivity index (χ1v) is 15.6. The number of nitrogens with zero attached hydrogens (tertiary/aromatic N) is 5. The quantitative estimate of drug-likeness (QED) is 0.382. The van der Waals surface area contributed by atoms with Crippen LogP contribution in [0, 0.1) is 13.8 Å². The first-order valence-electron chi connectivity index (χ1n) is 14.2. The molecule has 2 amide bonds. The van der Waals surface area contributed by atoms with Gasteiger partial charge >= 0.3 is 6.03 Å². The van der Waals surface area contributed by atoms with Crippen LogP contribution in [0.15, 0.2) is 47.6 Å². The van der Waals surface area contributed by atoms with E-state index < -0.39 is 10.0 Å². The highest BCUT2D eigenvalue weighted by molar-refractivity contribution is 7.90. The summed E-state index contributed by atoms with van der Waals surface area (Å²) in [7, 11) is -3.78. The molecule has 1 spiro atoms. The lowest BCUT2D eigenvalue weighted by molar-refractivity contribution is 0.206. The molecule has 2 aliphatic heterocycles. The smallest absolute Gasteiger partial charge is 0.317 e. The standard InChI is InChI=1S/C30H34N6O3S/c1-4-31-29(37)34-13-11-30(18-34)12-14-35-27(30)25(21-7-8-21)26(33-35)22-15-24-20(3)17-36(28(24)32-16-22)40(38,39)23-9-5-19(2)6-10-23/h5-6,9-10,15-17,21H,4,7-8,11-14,18H2,1-3H3,(H,31,37). The molecule has 10 heteroatoms. The monoisotopic (exact) mass is 558 g/mol. The van der Waals surface area contributed by atoms with Gasteiger partial charge in [0.1, 0.15) is 0 Å². The normalized spacial score (nSPS) is 20.5. The molecule has 5 heterocycles. The highest BCUT2D eigenvalue weighted by atomic mass is 32.2. The maximum Gasteiger partial charge on any atom is 0.317 e. The van der Waals surface area contributed by atoms with Gasteiger partial charge in [0.15, 0.2) is 5.65 Å². The molecule has 1 N–H and O–H groups in total. The van der Waals surface area contributed by atoms with E-state index >= 15 is 0 Å². The Bertz CT molecular complexity index is 1770. The molecule has 40 heavy (non-hydrogen) atoms. The van der Waals surface area contributed by atoms with Gasteiger partial charge < -0.3 is 10.2 Å². The van der Waals surface area contributed by atoms with Gasteiger partial charge in [0, 0.05) is 60.5 Å². The predicted octanol–water partition coefficient (Wildman–Crippen LogP) is 4.71. The van der Waals surface area contributed by atoms with Gasteiger partial charge in [-0.2, -0.15) is 5.10 Å². The van der Waals surface area contributed by atoms with Crippen molar-refractivity contribution in [2.45, 2.75) is 69.2 Å². The van der Waals surface area contributed by atoms with Crippen molar-refractivity contribution in [1.29, 1.82) is 0 Å². The Labute approximate surface area is 234 Å². The zero-order valence-corrected chi connectivity index (χ0v) is 24.0. The lowest BCUT2D eigenvalue weighted by Gasteiger charge is -2.25. The molecular formula is C30H34N6O3S. The second kappa shape index (κ2) is 8.92. The summed E-state index contributed by atoms with van der Waals surface area (Å²) >= 11 is 0. The van der Waals surface area contributed by atoms with E-state index in [9.17, 15) is 13.2 Å². The lowest BCUT2D eigenvalue weighted by atomic mass is 9.79. The molecule has 7 rings (SSSR count). The number of fused-ring (bicyclic) bond motifs is 3. The Morgan fingerprint density at radius 3 is 2.60 bits per heavy atom. The van der Waals surface area contributed by atoms with Crippen LogP contribution in [0.3, 0.4) is 0 Å². The number of rotatable bonds is 5. The summed E-state index contributed by atoms with van der Waals surface area (Å²) in [6, 6.07) is 8.95. The maximum absolute atomic E-state index is 13.5. The Morgan fingerprint density at radius 2 is 1.88 bits per heavy atom. The molecular weight excluding hydrogens is 524 g/mol. The second-order valence-electron chi connectivity index (χ2n) is 11.7. The number of nitrogens with one attached hydrogen (secondary N) is 1. The van der Waals surface area contributed by atoms with E-state index in [-0.39, 0.29) is 16.3 Å². The number of benzene rings is 1. The molecule has 9 nitrogen and oxygen atoms in total. The Morgan fingerprint density at radius 1 is 1.12 bits per heavy atom. The Balaban J connectivity index is 1.30. The van der Waals surface area contributed by atoms with Crippen LogP contribution in [0.4, 0.5) is 4.79 Å². The number of hydrogen-bond donors (Lipinski definition) is 1. The average molecular weight is 559 g/mol. The lowest BCUT2D eigenvalue weighted by Crippen LogP contribution is -2.40. The van der Waals surface area contributed by atoms with E-state index in [1.807, 2.05) is 31.7 Å². The second-order valence-corrected chi connectivity index (χ2v) is 13.5. The van der Waals surface area contributed by atoms with Gasteiger partial charge in [-0.3, -0.25) is 4.68 Å². The van der Waals surface area contributed by atoms with Crippen LogP contribution in [0.5, 0.6) is 0 Å². The Hall–Kier alpha value is -3.66. The number of aryl methyl sites for hydroxylation is 3. The minimum absolute atomic E-state index is 0.0146. The molecule has 1 saturated carbocycles. The van der Waals surface area contributed by atoms with E-state index in [1.54, 1.807) is 36.7 Å². The number of pyridine rings is 1. The van der Waals surface area contributed by atoms with E-state index in [1.165, 1.54) is 15.2 Å². The van der Waals surface area contributed by atoms with E-state index in [0.717, 1.165) is 73.1 Å². The third kappa shape index (κ3) is 3.79. The first kappa shape index (κ1) is 25.3. The zero-order valence-electron chi connectivity index (χ0n) is 23.1. The van der Waals surface area contributed by atoms with Gasteiger partial charge in [0.25, 0.3) is 10.0 Å².